The number of thioether (sulfide) groups is 1. The van der Waals surface area contributed by atoms with Gasteiger partial charge in [-0.3, -0.25) is 0 Å². The molecule has 0 radical (unpaired) electrons. The van der Waals surface area contributed by atoms with Crippen molar-refractivity contribution in [3.8, 4) is 0 Å². The van der Waals surface area contributed by atoms with Gasteiger partial charge in [-0.2, -0.15) is 11.8 Å². The van der Waals surface area contributed by atoms with E-state index < -0.39 is 0 Å². The van der Waals surface area contributed by atoms with E-state index in [9.17, 15) is 0 Å². The summed E-state index contributed by atoms with van der Waals surface area (Å²) in [5, 5.41) is 3.83. The summed E-state index contributed by atoms with van der Waals surface area (Å²) < 4.78 is 0. The molecule has 1 fully saturated rings. The normalized spacial score (nSPS) is 26.8. The van der Waals surface area contributed by atoms with Crippen molar-refractivity contribution in [1.82, 2.24) is 5.32 Å². The molecule has 1 nitrogen and oxygen atoms in total. The minimum absolute atomic E-state index is 0.744. The zero-order valence-electron chi connectivity index (χ0n) is 11.9. The Morgan fingerprint density at radius 2 is 2.26 bits per heavy atom. The topological polar surface area (TPSA) is 12.0 Å². The average molecular weight is 275 g/mol. The lowest BCUT2D eigenvalue weighted by atomic mass is 9.73. The average Bonchev–Trinajstić information content (AvgIpc) is 2.93. The van der Waals surface area contributed by atoms with Gasteiger partial charge in [0.25, 0.3) is 0 Å². The lowest BCUT2D eigenvalue weighted by Gasteiger charge is -2.35. The Hall–Kier alpha value is -0.470. The molecule has 1 N–H and O–H groups in total. The molecule has 1 heterocycles. The maximum atomic E-state index is 3.83. The molecule has 104 valence electrons. The van der Waals surface area contributed by atoms with Crippen LogP contribution in [0.5, 0.6) is 0 Å². The molecule has 1 aliphatic carbocycles. The molecule has 19 heavy (non-hydrogen) atoms. The van der Waals surface area contributed by atoms with Crippen LogP contribution in [-0.4, -0.2) is 24.1 Å². The van der Waals surface area contributed by atoms with Crippen LogP contribution in [0.2, 0.25) is 0 Å². The van der Waals surface area contributed by atoms with Crippen molar-refractivity contribution in [3.63, 3.8) is 0 Å². The van der Waals surface area contributed by atoms with Crippen LogP contribution < -0.4 is 5.32 Å². The van der Waals surface area contributed by atoms with Gasteiger partial charge in [0.15, 0.2) is 0 Å². The molecule has 1 aromatic carbocycles. The molecule has 0 bridgehead atoms. The van der Waals surface area contributed by atoms with Gasteiger partial charge in [0.05, 0.1) is 0 Å². The zero-order valence-corrected chi connectivity index (χ0v) is 12.7. The smallest absolute Gasteiger partial charge is 0.0109 e. The molecule has 1 aliphatic heterocycles. The fraction of sp³-hybridized carbons (Fsp3) is 0.647. The molecule has 0 aromatic heterocycles. The fourth-order valence-electron chi connectivity index (χ4n) is 3.52. The Morgan fingerprint density at radius 1 is 1.37 bits per heavy atom. The van der Waals surface area contributed by atoms with E-state index in [0.29, 0.717) is 0 Å². The number of hydrogen-bond acceptors (Lipinski definition) is 2. The van der Waals surface area contributed by atoms with Gasteiger partial charge in [-0.1, -0.05) is 31.2 Å². The van der Waals surface area contributed by atoms with Crippen LogP contribution in [0.1, 0.15) is 43.2 Å². The molecule has 1 aromatic rings. The van der Waals surface area contributed by atoms with Crippen molar-refractivity contribution in [2.24, 2.45) is 5.92 Å². The van der Waals surface area contributed by atoms with Gasteiger partial charge in [0.1, 0.15) is 0 Å². The van der Waals surface area contributed by atoms with Gasteiger partial charge in [0, 0.05) is 6.04 Å². The SMILES string of the molecule is CCCNC(CC1Cc2ccccc21)C1CCSC1. The van der Waals surface area contributed by atoms with Gasteiger partial charge in [-0.25, -0.2) is 0 Å². The summed E-state index contributed by atoms with van der Waals surface area (Å²) in [7, 11) is 0. The second kappa shape index (κ2) is 6.32. The molecule has 3 atom stereocenters. The van der Waals surface area contributed by atoms with E-state index in [1.165, 1.54) is 43.7 Å². The van der Waals surface area contributed by atoms with E-state index in [1.54, 1.807) is 11.1 Å². The van der Waals surface area contributed by atoms with E-state index in [0.717, 1.165) is 17.9 Å². The van der Waals surface area contributed by atoms with Gasteiger partial charge in [-0.15, -0.1) is 0 Å². The molecule has 0 amide bonds. The fourth-order valence-corrected chi connectivity index (χ4v) is 4.86. The highest BCUT2D eigenvalue weighted by molar-refractivity contribution is 7.99. The summed E-state index contributed by atoms with van der Waals surface area (Å²) in [4.78, 5) is 0. The van der Waals surface area contributed by atoms with Gasteiger partial charge in [0.2, 0.25) is 0 Å². The van der Waals surface area contributed by atoms with Gasteiger partial charge in [-0.05, 0) is 66.7 Å². The zero-order chi connectivity index (χ0) is 13.1. The molecular formula is C17H25NS. The van der Waals surface area contributed by atoms with Crippen molar-refractivity contribution in [2.45, 2.75) is 44.6 Å². The monoisotopic (exact) mass is 275 g/mol. The van der Waals surface area contributed by atoms with Crippen LogP contribution in [0.25, 0.3) is 0 Å². The van der Waals surface area contributed by atoms with Crippen LogP contribution in [0.4, 0.5) is 0 Å². The summed E-state index contributed by atoms with van der Waals surface area (Å²) in [6, 6.07) is 9.75. The van der Waals surface area contributed by atoms with Crippen LogP contribution in [0, 0.1) is 5.92 Å². The van der Waals surface area contributed by atoms with Crippen LogP contribution in [-0.2, 0) is 6.42 Å². The molecule has 0 spiro atoms. The van der Waals surface area contributed by atoms with Crippen molar-refractivity contribution in [3.05, 3.63) is 35.4 Å². The Labute approximate surface area is 121 Å². The summed E-state index contributed by atoms with van der Waals surface area (Å²) in [5.41, 5.74) is 3.21. The highest BCUT2D eigenvalue weighted by Gasteiger charge is 2.32. The lowest BCUT2D eigenvalue weighted by molar-refractivity contribution is 0.329. The number of benzene rings is 1. The molecular weight excluding hydrogens is 250 g/mol. The standard InChI is InChI=1S/C17H25NS/c1-2-8-18-17(14-7-9-19-12-14)11-15-10-13-5-3-4-6-16(13)15/h3-6,14-15,17-18H,2,7-12H2,1H3. The highest BCUT2D eigenvalue weighted by atomic mass is 32.2. The van der Waals surface area contributed by atoms with E-state index >= 15 is 0 Å². The summed E-state index contributed by atoms with van der Waals surface area (Å²) in [6.07, 6.45) is 5.32. The first kappa shape index (κ1) is 13.5. The predicted octanol–water partition coefficient (Wildman–Crippen LogP) is 3.84. The van der Waals surface area contributed by atoms with E-state index in [4.69, 9.17) is 0 Å². The van der Waals surface area contributed by atoms with Gasteiger partial charge >= 0.3 is 0 Å². The Morgan fingerprint density at radius 3 is 3.00 bits per heavy atom. The first-order valence-corrected chi connectivity index (χ1v) is 8.93. The highest BCUT2D eigenvalue weighted by Crippen LogP contribution is 2.40. The van der Waals surface area contributed by atoms with Crippen molar-refractivity contribution >= 4 is 11.8 Å². The third kappa shape index (κ3) is 3.00. The summed E-state index contributed by atoms with van der Waals surface area (Å²) in [6.45, 7) is 3.45. The van der Waals surface area contributed by atoms with Crippen LogP contribution in [0.3, 0.4) is 0 Å². The lowest BCUT2D eigenvalue weighted by Crippen LogP contribution is -2.39. The van der Waals surface area contributed by atoms with Gasteiger partial charge < -0.3 is 5.32 Å². The number of nitrogens with one attached hydrogen (secondary N) is 1. The largest absolute Gasteiger partial charge is 0.314 e. The second-order valence-corrected chi connectivity index (χ2v) is 7.17. The predicted molar refractivity (Wildman–Crippen MR) is 85.0 cm³/mol. The first-order chi connectivity index (χ1) is 9.38. The minimum atomic E-state index is 0.744. The third-order valence-corrected chi connectivity index (χ3v) is 5.88. The van der Waals surface area contributed by atoms with E-state index in [2.05, 4.69) is 48.3 Å². The first-order valence-electron chi connectivity index (χ1n) is 7.77. The van der Waals surface area contributed by atoms with E-state index in [-0.39, 0.29) is 0 Å². The number of fused-ring (bicyclic) bond motifs is 1. The van der Waals surface area contributed by atoms with Crippen molar-refractivity contribution < 1.29 is 0 Å². The molecule has 0 saturated carbocycles. The molecule has 2 heteroatoms. The van der Waals surface area contributed by atoms with Crippen LogP contribution in [0.15, 0.2) is 24.3 Å². The maximum Gasteiger partial charge on any atom is 0.0109 e. The third-order valence-electron chi connectivity index (χ3n) is 4.69. The summed E-state index contributed by atoms with van der Waals surface area (Å²) in [5.74, 6) is 4.46. The Balaban J connectivity index is 1.62. The number of rotatable bonds is 6. The molecule has 1 saturated heterocycles. The Kier molecular flexibility index (Phi) is 4.49. The minimum Gasteiger partial charge on any atom is -0.314 e. The van der Waals surface area contributed by atoms with E-state index in [1.807, 2.05) is 0 Å². The molecule has 3 unspecified atom stereocenters. The summed E-state index contributed by atoms with van der Waals surface area (Å²) >= 11 is 2.14. The Bertz CT molecular complexity index is 411. The number of hydrogen-bond donors (Lipinski definition) is 1. The van der Waals surface area contributed by atoms with Crippen LogP contribution >= 0.6 is 11.8 Å². The maximum absolute atomic E-state index is 3.83. The molecule has 2 aliphatic rings. The second-order valence-electron chi connectivity index (χ2n) is 6.02. The molecule has 3 rings (SSSR count). The van der Waals surface area contributed by atoms with Crippen molar-refractivity contribution in [1.29, 1.82) is 0 Å². The van der Waals surface area contributed by atoms with Crippen molar-refractivity contribution in [2.75, 3.05) is 18.1 Å². The quantitative estimate of drug-likeness (QED) is 0.846.